The molecule has 14 heavy (non-hydrogen) atoms. The summed E-state index contributed by atoms with van der Waals surface area (Å²) in [6.45, 7) is 0. The maximum Gasteiger partial charge on any atom is 0 e. The molecule has 1 heteroatoms. The summed E-state index contributed by atoms with van der Waals surface area (Å²) < 4.78 is 0. The molecule has 2 aliphatic rings. The first-order chi connectivity index (χ1) is 6.50. The molecular weight excluding hydrogens is 259 g/mol. The first-order valence-electron chi connectivity index (χ1n) is 5.13. The number of allylic oxidation sites excluding steroid dienone is 8. The van der Waals surface area contributed by atoms with Gasteiger partial charge in [-0.2, -0.15) is 0 Å². The van der Waals surface area contributed by atoms with Gasteiger partial charge in [0.1, 0.15) is 0 Å². The van der Waals surface area contributed by atoms with Crippen molar-refractivity contribution in [3.63, 3.8) is 0 Å². The second kappa shape index (κ2) is 10.7. The Morgan fingerprint density at radius 1 is 0.571 bits per heavy atom. The molecule has 0 saturated heterocycles. The average molecular weight is 277 g/mol. The van der Waals surface area contributed by atoms with Gasteiger partial charge in [-0.3, -0.25) is 0 Å². The first kappa shape index (κ1) is 13.6. The molecule has 0 heterocycles. The van der Waals surface area contributed by atoms with E-state index in [2.05, 4.69) is 48.6 Å². The molecule has 0 nitrogen and oxygen atoms in total. The molecule has 0 bridgehead atoms. The molecule has 0 saturated carbocycles. The zero-order valence-electron chi connectivity index (χ0n) is 8.49. The fraction of sp³-hybridized carbons (Fsp3) is 0.385. The third-order valence-corrected chi connectivity index (χ3v) is 2.03. The number of hydrogen-bond acceptors (Lipinski definition) is 0. The summed E-state index contributed by atoms with van der Waals surface area (Å²) in [6, 6.07) is 0. The van der Waals surface area contributed by atoms with Gasteiger partial charge in [0.2, 0.25) is 0 Å². The minimum atomic E-state index is 0. The van der Waals surface area contributed by atoms with Crippen molar-refractivity contribution in [2.24, 2.45) is 0 Å². The van der Waals surface area contributed by atoms with E-state index in [1.807, 2.05) is 0 Å². The van der Waals surface area contributed by atoms with Crippen molar-refractivity contribution in [3.8, 4) is 0 Å². The Balaban J connectivity index is 0.000000246. The van der Waals surface area contributed by atoms with E-state index < -0.39 is 0 Å². The van der Waals surface area contributed by atoms with Crippen molar-refractivity contribution in [1.82, 2.24) is 0 Å². The van der Waals surface area contributed by atoms with Crippen LogP contribution in [0.3, 0.4) is 0 Å². The van der Waals surface area contributed by atoms with Crippen LogP contribution < -0.4 is 0 Å². The summed E-state index contributed by atoms with van der Waals surface area (Å²) in [5.41, 5.74) is 0. The van der Waals surface area contributed by atoms with Crippen LogP contribution in [0, 0.1) is 0 Å². The van der Waals surface area contributed by atoms with Gasteiger partial charge in [0, 0.05) is 19.5 Å². The molecule has 0 amide bonds. The van der Waals surface area contributed by atoms with Crippen molar-refractivity contribution < 1.29 is 19.5 Å². The van der Waals surface area contributed by atoms with Gasteiger partial charge in [-0.25, -0.2) is 0 Å². The number of rotatable bonds is 0. The zero-order valence-corrected chi connectivity index (χ0v) is 10.1. The van der Waals surface area contributed by atoms with E-state index in [0.717, 1.165) is 6.42 Å². The minimum absolute atomic E-state index is 0. The molecular formula is C13H18Rh. The molecule has 0 aromatic heterocycles. The van der Waals surface area contributed by atoms with Gasteiger partial charge in [0.15, 0.2) is 0 Å². The summed E-state index contributed by atoms with van der Waals surface area (Å²) in [4.78, 5) is 0. The fourth-order valence-electron chi connectivity index (χ4n) is 1.27. The molecule has 0 N–H and O–H groups in total. The Hall–Kier alpha value is -0.417. The van der Waals surface area contributed by atoms with Crippen LogP contribution in [-0.2, 0) is 19.5 Å². The Morgan fingerprint density at radius 2 is 1.00 bits per heavy atom. The van der Waals surface area contributed by atoms with Gasteiger partial charge >= 0.3 is 0 Å². The Bertz CT molecular complexity index is 197. The molecule has 79 valence electrons. The normalized spacial score (nSPS) is 22.3. The van der Waals surface area contributed by atoms with E-state index in [9.17, 15) is 0 Å². The Morgan fingerprint density at radius 3 is 1.36 bits per heavy atom. The van der Waals surface area contributed by atoms with Crippen LogP contribution in [-0.4, -0.2) is 0 Å². The average Bonchev–Trinajstić information content (AvgIpc) is 2.58. The van der Waals surface area contributed by atoms with Crippen molar-refractivity contribution in [1.29, 1.82) is 0 Å². The molecule has 0 aromatic carbocycles. The van der Waals surface area contributed by atoms with E-state index in [-0.39, 0.29) is 19.5 Å². The van der Waals surface area contributed by atoms with Crippen molar-refractivity contribution >= 4 is 0 Å². The molecule has 0 aliphatic heterocycles. The van der Waals surface area contributed by atoms with Gasteiger partial charge in [-0.05, 0) is 32.1 Å². The van der Waals surface area contributed by atoms with Gasteiger partial charge < -0.3 is 0 Å². The molecule has 0 spiro atoms. The van der Waals surface area contributed by atoms with Gasteiger partial charge in [-0.1, -0.05) is 48.6 Å². The molecule has 0 unspecified atom stereocenters. The summed E-state index contributed by atoms with van der Waals surface area (Å²) in [7, 11) is 0. The van der Waals surface area contributed by atoms with Crippen LogP contribution in [0.15, 0.2) is 48.6 Å². The predicted molar refractivity (Wildman–Crippen MR) is 59.6 cm³/mol. The molecule has 1 radical (unpaired) electrons. The molecule has 0 aromatic rings. The van der Waals surface area contributed by atoms with E-state index in [1.54, 1.807) is 0 Å². The van der Waals surface area contributed by atoms with E-state index in [4.69, 9.17) is 0 Å². The van der Waals surface area contributed by atoms with Gasteiger partial charge in [0.25, 0.3) is 0 Å². The second-order valence-electron chi connectivity index (χ2n) is 3.23. The molecule has 0 atom stereocenters. The van der Waals surface area contributed by atoms with E-state index in [0.29, 0.717) is 0 Å². The summed E-state index contributed by atoms with van der Waals surface area (Å²) >= 11 is 0. The number of hydrogen-bond donors (Lipinski definition) is 0. The van der Waals surface area contributed by atoms with Crippen molar-refractivity contribution in [3.05, 3.63) is 48.6 Å². The summed E-state index contributed by atoms with van der Waals surface area (Å²) in [6.07, 6.45) is 23.5. The molecule has 0 fully saturated rings. The van der Waals surface area contributed by atoms with Crippen molar-refractivity contribution in [2.75, 3.05) is 0 Å². The van der Waals surface area contributed by atoms with Crippen LogP contribution in [0.5, 0.6) is 0 Å². The third-order valence-electron chi connectivity index (χ3n) is 2.03. The first-order valence-corrected chi connectivity index (χ1v) is 5.13. The largest absolute Gasteiger partial charge is 0.0845 e. The van der Waals surface area contributed by atoms with Crippen LogP contribution >= 0.6 is 0 Å². The standard InChI is InChI=1S/C8H12.C5H6.Rh/c1-2-4-6-8-7-5-3-1;1-2-4-5-3-1;/h1-4H,5-8H2;1-4H,5H2;/b3-1-,4-2-;;. The maximum absolute atomic E-state index is 2.23. The third kappa shape index (κ3) is 8.19. The molecule has 2 rings (SSSR count). The zero-order chi connectivity index (χ0) is 9.19. The van der Waals surface area contributed by atoms with Gasteiger partial charge in [-0.15, -0.1) is 0 Å². The summed E-state index contributed by atoms with van der Waals surface area (Å²) in [5, 5.41) is 0. The van der Waals surface area contributed by atoms with Crippen LogP contribution in [0.4, 0.5) is 0 Å². The van der Waals surface area contributed by atoms with Gasteiger partial charge in [0.05, 0.1) is 0 Å². The predicted octanol–water partition coefficient (Wildman–Crippen LogP) is 4.17. The van der Waals surface area contributed by atoms with Crippen LogP contribution in [0.25, 0.3) is 0 Å². The van der Waals surface area contributed by atoms with E-state index >= 15 is 0 Å². The maximum atomic E-state index is 2.23. The second-order valence-corrected chi connectivity index (χ2v) is 3.23. The smallest absolute Gasteiger partial charge is 0 e. The topological polar surface area (TPSA) is 0 Å². The fourth-order valence-corrected chi connectivity index (χ4v) is 1.27. The minimum Gasteiger partial charge on any atom is -0.0845 e. The Labute approximate surface area is 100 Å². The van der Waals surface area contributed by atoms with E-state index in [1.165, 1.54) is 25.7 Å². The summed E-state index contributed by atoms with van der Waals surface area (Å²) in [5.74, 6) is 0. The Kier molecular flexibility index (Phi) is 10.3. The SMILES string of the molecule is C1=CCC=C1.C1=C\CCCC\C=C/1.[Rh]. The van der Waals surface area contributed by atoms with Crippen molar-refractivity contribution in [2.45, 2.75) is 32.1 Å². The van der Waals surface area contributed by atoms with Crippen LogP contribution in [0.1, 0.15) is 32.1 Å². The molecule has 2 aliphatic carbocycles. The monoisotopic (exact) mass is 277 g/mol. The quantitative estimate of drug-likeness (QED) is 0.583. The van der Waals surface area contributed by atoms with Crippen LogP contribution in [0.2, 0.25) is 0 Å².